The summed E-state index contributed by atoms with van der Waals surface area (Å²) in [6.07, 6.45) is 0.821. The van der Waals surface area contributed by atoms with Crippen LogP contribution in [0.4, 0.5) is 0 Å². The van der Waals surface area contributed by atoms with E-state index in [-0.39, 0.29) is 23.0 Å². The Kier molecular flexibility index (Phi) is 2.26. The van der Waals surface area contributed by atoms with Gasteiger partial charge in [-0.3, -0.25) is 0 Å². The minimum Gasteiger partial charge on any atom is -0.392 e. The van der Waals surface area contributed by atoms with E-state index in [1.54, 1.807) is 0 Å². The normalized spacial score (nSPS) is 39.5. The number of hydrogen-bond acceptors (Lipinski definition) is 2. The molecular formula is C10H20O2. The fraction of sp³-hybridized carbons (Fsp3) is 1.00. The lowest BCUT2D eigenvalue weighted by molar-refractivity contribution is -0.116. The van der Waals surface area contributed by atoms with Crippen LogP contribution in [0.3, 0.4) is 0 Å². The zero-order chi connectivity index (χ0) is 9.57. The maximum absolute atomic E-state index is 9.78. The third-order valence-electron chi connectivity index (χ3n) is 3.21. The molecule has 1 saturated carbocycles. The van der Waals surface area contributed by atoms with Crippen LogP contribution in [0.15, 0.2) is 0 Å². The molecule has 2 nitrogen and oxygen atoms in total. The molecule has 0 aromatic heterocycles. The van der Waals surface area contributed by atoms with Gasteiger partial charge in [-0.2, -0.15) is 0 Å². The van der Waals surface area contributed by atoms with Gasteiger partial charge in [0.1, 0.15) is 0 Å². The zero-order valence-electron chi connectivity index (χ0n) is 8.46. The fourth-order valence-electron chi connectivity index (χ4n) is 1.88. The molecule has 0 aliphatic heterocycles. The minimum atomic E-state index is -0.378. The summed E-state index contributed by atoms with van der Waals surface area (Å²) in [6, 6.07) is 0. The van der Waals surface area contributed by atoms with Gasteiger partial charge < -0.3 is 10.2 Å². The lowest BCUT2D eigenvalue weighted by Crippen LogP contribution is -2.49. The molecule has 0 spiro atoms. The van der Waals surface area contributed by atoms with Crippen molar-refractivity contribution in [1.29, 1.82) is 0 Å². The molecule has 0 heterocycles. The molecule has 12 heavy (non-hydrogen) atoms. The first-order chi connectivity index (χ1) is 5.26. The average Bonchev–Trinajstić information content (AvgIpc) is 1.82. The Morgan fingerprint density at radius 1 is 0.917 bits per heavy atom. The van der Waals surface area contributed by atoms with Gasteiger partial charge in [0.25, 0.3) is 0 Å². The predicted molar refractivity (Wildman–Crippen MR) is 48.8 cm³/mol. The summed E-state index contributed by atoms with van der Waals surface area (Å²) < 4.78 is 0. The SMILES string of the molecule is CC1(C)C[C@@H](O)C(C)(C)[C@@H](O)C1. The van der Waals surface area contributed by atoms with Gasteiger partial charge in [0.15, 0.2) is 0 Å². The molecule has 0 saturated heterocycles. The van der Waals surface area contributed by atoms with Gasteiger partial charge in [0, 0.05) is 5.41 Å². The van der Waals surface area contributed by atoms with Crippen LogP contribution < -0.4 is 0 Å². The van der Waals surface area contributed by atoms with Crippen molar-refractivity contribution in [3.8, 4) is 0 Å². The van der Waals surface area contributed by atoms with Gasteiger partial charge in [0.05, 0.1) is 12.2 Å². The number of rotatable bonds is 0. The van der Waals surface area contributed by atoms with Crippen molar-refractivity contribution in [3.63, 3.8) is 0 Å². The number of aliphatic hydroxyl groups excluding tert-OH is 2. The fourth-order valence-corrected chi connectivity index (χ4v) is 1.88. The monoisotopic (exact) mass is 172 g/mol. The highest BCUT2D eigenvalue weighted by Gasteiger charge is 2.45. The van der Waals surface area contributed by atoms with Crippen LogP contribution in [0, 0.1) is 10.8 Å². The Hall–Kier alpha value is -0.0800. The van der Waals surface area contributed by atoms with E-state index in [4.69, 9.17) is 0 Å². The zero-order valence-corrected chi connectivity index (χ0v) is 8.46. The Balaban J connectivity index is 2.78. The first-order valence-electron chi connectivity index (χ1n) is 4.62. The Labute approximate surface area is 74.6 Å². The minimum absolute atomic E-state index is 0.0777. The van der Waals surface area contributed by atoms with E-state index < -0.39 is 0 Å². The van der Waals surface area contributed by atoms with Crippen molar-refractivity contribution < 1.29 is 10.2 Å². The molecule has 1 aliphatic rings. The van der Waals surface area contributed by atoms with Crippen LogP contribution in [-0.4, -0.2) is 22.4 Å². The molecule has 0 radical (unpaired) electrons. The highest BCUT2D eigenvalue weighted by atomic mass is 16.3. The molecule has 2 atom stereocenters. The van der Waals surface area contributed by atoms with E-state index in [0.29, 0.717) is 0 Å². The molecule has 72 valence electrons. The number of aliphatic hydroxyl groups is 2. The van der Waals surface area contributed by atoms with E-state index in [1.807, 2.05) is 13.8 Å². The lowest BCUT2D eigenvalue weighted by atomic mass is 9.63. The quantitative estimate of drug-likeness (QED) is 0.582. The summed E-state index contributed by atoms with van der Waals surface area (Å²) in [5.41, 5.74) is -0.260. The number of hydrogen-bond donors (Lipinski definition) is 2. The Morgan fingerprint density at radius 2 is 1.25 bits per heavy atom. The lowest BCUT2D eigenvalue weighted by Gasteiger charge is -2.46. The van der Waals surface area contributed by atoms with Crippen molar-refractivity contribution in [2.24, 2.45) is 10.8 Å². The summed E-state index contributed by atoms with van der Waals surface area (Å²) >= 11 is 0. The molecule has 0 aromatic rings. The van der Waals surface area contributed by atoms with E-state index in [0.717, 1.165) is 12.8 Å². The second kappa shape index (κ2) is 2.71. The van der Waals surface area contributed by atoms with Gasteiger partial charge in [-0.25, -0.2) is 0 Å². The summed E-state index contributed by atoms with van der Waals surface area (Å²) in [6.45, 7) is 8.04. The van der Waals surface area contributed by atoms with Gasteiger partial charge >= 0.3 is 0 Å². The van der Waals surface area contributed by atoms with Gasteiger partial charge in [-0.05, 0) is 18.3 Å². The van der Waals surface area contributed by atoms with Crippen molar-refractivity contribution in [3.05, 3.63) is 0 Å². The van der Waals surface area contributed by atoms with Gasteiger partial charge in [-0.1, -0.05) is 27.7 Å². The summed E-state index contributed by atoms with van der Waals surface area (Å²) in [7, 11) is 0. The summed E-state index contributed by atoms with van der Waals surface area (Å²) in [5, 5.41) is 19.6. The summed E-state index contributed by atoms with van der Waals surface area (Å²) in [4.78, 5) is 0. The second-order valence-electron chi connectivity index (χ2n) is 5.43. The van der Waals surface area contributed by atoms with Crippen LogP contribution in [0.1, 0.15) is 40.5 Å². The molecule has 0 unspecified atom stereocenters. The molecular weight excluding hydrogens is 152 g/mol. The van der Waals surface area contributed by atoms with Crippen molar-refractivity contribution in [2.75, 3.05) is 0 Å². The second-order valence-corrected chi connectivity index (χ2v) is 5.43. The van der Waals surface area contributed by atoms with Crippen LogP contribution >= 0.6 is 0 Å². The van der Waals surface area contributed by atoms with Crippen LogP contribution in [0.2, 0.25) is 0 Å². The first kappa shape index (κ1) is 10.0. The molecule has 1 aliphatic carbocycles. The van der Waals surface area contributed by atoms with Crippen LogP contribution in [-0.2, 0) is 0 Å². The smallest absolute Gasteiger partial charge is 0.0620 e. The topological polar surface area (TPSA) is 40.5 Å². The standard InChI is InChI=1S/C10H20O2/c1-9(2)5-7(11)10(3,4)8(12)6-9/h7-8,11-12H,5-6H2,1-4H3/t7-,8+. The van der Waals surface area contributed by atoms with Crippen molar-refractivity contribution >= 4 is 0 Å². The van der Waals surface area contributed by atoms with Crippen LogP contribution in [0.5, 0.6) is 0 Å². The molecule has 0 aromatic carbocycles. The predicted octanol–water partition coefficient (Wildman–Crippen LogP) is 1.55. The third-order valence-corrected chi connectivity index (χ3v) is 3.21. The first-order valence-corrected chi connectivity index (χ1v) is 4.62. The Bertz CT molecular complexity index is 157. The highest BCUT2D eigenvalue weighted by molar-refractivity contribution is 4.95. The van der Waals surface area contributed by atoms with E-state index in [9.17, 15) is 10.2 Å². The molecule has 0 amide bonds. The average molecular weight is 172 g/mol. The highest BCUT2D eigenvalue weighted by Crippen LogP contribution is 2.44. The van der Waals surface area contributed by atoms with E-state index in [1.165, 1.54) is 0 Å². The molecule has 1 rings (SSSR count). The van der Waals surface area contributed by atoms with Crippen molar-refractivity contribution in [2.45, 2.75) is 52.7 Å². The third kappa shape index (κ3) is 1.64. The van der Waals surface area contributed by atoms with E-state index >= 15 is 0 Å². The molecule has 1 fully saturated rings. The summed E-state index contributed by atoms with van der Waals surface area (Å²) in [5.74, 6) is 0. The maximum Gasteiger partial charge on any atom is 0.0620 e. The van der Waals surface area contributed by atoms with Crippen molar-refractivity contribution in [1.82, 2.24) is 0 Å². The van der Waals surface area contributed by atoms with Gasteiger partial charge in [-0.15, -0.1) is 0 Å². The molecule has 2 N–H and O–H groups in total. The van der Waals surface area contributed by atoms with Gasteiger partial charge in [0.2, 0.25) is 0 Å². The van der Waals surface area contributed by atoms with Crippen LogP contribution in [0.25, 0.3) is 0 Å². The largest absolute Gasteiger partial charge is 0.392 e. The van der Waals surface area contributed by atoms with E-state index in [2.05, 4.69) is 13.8 Å². The molecule has 0 bridgehead atoms. The maximum atomic E-state index is 9.78. The Morgan fingerprint density at radius 3 is 1.58 bits per heavy atom. The molecule has 2 heteroatoms.